The Morgan fingerprint density at radius 1 is 0.683 bits per heavy atom. The third-order valence-electron chi connectivity index (χ3n) is 12.8. The fourth-order valence-electron chi connectivity index (χ4n) is 8.83. The normalized spacial score (nSPS) is 19.4. The highest BCUT2D eigenvalue weighted by atomic mass is 16.6. The van der Waals surface area contributed by atoms with Crippen LogP contribution in [0.15, 0.2) is 9.05 Å². The van der Waals surface area contributed by atoms with Gasteiger partial charge >= 0.3 is 11.9 Å². The van der Waals surface area contributed by atoms with Gasteiger partial charge in [0.25, 0.3) is 23.5 Å². The van der Waals surface area contributed by atoms with Crippen LogP contribution in [0.5, 0.6) is 0 Å². The minimum atomic E-state index is -0.884. The zero-order chi connectivity index (χ0) is 43.4. The number of carbonyl (C=O) groups excluding carboxylic acids is 3. The molecular formula is C44H72N8O8. The first-order valence-electron chi connectivity index (χ1n) is 22.6. The maximum Gasteiger partial charge on any atom is 0.307 e. The molecule has 336 valence electrons. The summed E-state index contributed by atoms with van der Waals surface area (Å²) >= 11 is 0. The van der Waals surface area contributed by atoms with E-state index in [0.29, 0.717) is 50.6 Å². The van der Waals surface area contributed by atoms with Gasteiger partial charge in [0.1, 0.15) is 5.60 Å². The molecule has 0 aromatic carbocycles. The van der Waals surface area contributed by atoms with E-state index < -0.39 is 11.6 Å². The van der Waals surface area contributed by atoms with Crippen LogP contribution in [0.4, 0.5) is 0 Å². The molecule has 0 bridgehead atoms. The van der Waals surface area contributed by atoms with E-state index in [2.05, 4.69) is 30.1 Å². The van der Waals surface area contributed by atoms with Crippen LogP contribution < -0.4 is 0 Å². The van der Waals surface area contributed by atoms with Gasteiger partial charge in [-0.15, -0.1) is 0 Å². The second kappa shape index (κ2) is 22.3. The fourth-order valence-corrected chi connectivity index (χ4v) is 8.83. The molecule has 2 saturated heterocycles. The molecule has 2 atom stereocenters. The number of carboxylic acids is 1. The van der Waals surface area contributed by atoms with E-state index in [0.717, 1.165) is 43.9 Å². The minimum Gasteiger partial charge on any atom is -0.481 e. The summed E-state index contributed by atoms with van der Waals surface area (Å²) in [7, 11) is 7.99. The number of likely N-dealkylation sites (tertiary alicyclic amines) is 2. The van der Waals surface area contributed by atoms with E-state index in [9.17, 15) is 24.3 Å². The number of nitrogens with zero attached hydrogens (tertiary/aromatic N) is 8. The first kappa shape index (κ1) is 47.1. The Hall–Kier alpha value is -3.92. The number of esters is 1. The van der Waals surface area contributed by atoms with Gasteiger partial charge in [0.05, 0.1) is 12.8 Å². The van der Waals surface area contributed by atoms with Crippen LogP contribution in [0.2, 0.25) is 0 Å². The zero-order valence-corrected chi connectivity index (χ0v) is 37.4. The maximum absolute atomic E-state index is 12.7. The van der Waals surface area contributed by atoms with Crippen molar-refractivity contribution in [1.82, 2.24) is 39.9 Å². The van der Waals surface area contributed by atoms with Gasteiger partial charge in [-0.05, 0) is 73.6 Å². The predicted octanol–water partition coefficient (Wildman–Crippen LogP) is 6.79. The van der Waals surface area contributed by atoms with Gasteiger partial charge in [-0.2, -0.15) is 9.97 Å². The van der Waals surface area contributed by atoms with Crippen molar-refractivity contribution in [3.63, 3.8) is 0 Å². The summed E-state index contributed by atoms with van der Waals surface area (Å²) in [5, 5.41) is 17.0. The Balaban J connectivity index is 0.000000230. The van der Waals surface area contributed by atoms with Crippen molar-refractivity contribution in [3.8, 4) is 0 Å². The van der Waals surface area contributed by atoms with Crippen LogP contribution in [0.25, 0.3) is 0 Å². The molecule has 2 aromatic rings. The smallest absolute Gasteiger partial charge is 0.307 e. The van der Waals surface area contributed by atoms with E-state index in [4.69, 9.17) is 13.8 Å². The van der Waals surface area contributed by atoms with Crippen molar-refractivity contribution in [2.75, 3.05) is 54.4 Å². The largest absolute Gasteiger partial charge is 0.481 e. The predicted molar refractivity (Wildman–Crippen MR) is 224 cm³/mol. The molecular weight excluding hydrogens is 769 g/mol. The molecule has 4 aliphatic rings. The van der Waals surface area contributed by atoms with Crippen molar-refractivity contribution < 1.29 is 38.1 Å². The number of amides is 2. The molecule has 1 N–H and O–H groups in total. The van der Waals surface area contributed by atoms with Gasteiger partial charge in [-0.1, -0.05) is 100 Å². The number of carbonyl (C=O) groups is 4. The molecule has 0 unspecified atom stereocenters. The molecule has 2 saturated carbocycles. The molecule has 4 heterocycles. The number of carboxylic acid groups (broad SMARTS) is 1. The molecule has 2 aromatic heterocycles. The average molecular weight is 841 g/mol. The molecule has 4 fully saturated rings. The summed E-state index contributed by atoms with van der Waals surface area (Å²) in [4.78, 5) is 65.2. The first-order chi connectivity index (χ1) is 28.6. The van der Waals surface area contributed by atoms with Crippen molar-refractivity contribution in [2.24, 2.45) is 11.8 Å². The number of rotatable bonds is 18. The lowest BCUT2D eigenvalue weighted by atomic mass is 9.84. The maximum atomic E-state index is 12.7. The Kier molecular flexibility index (Phi) is 17.5. The molecule has 0 spiro atoms. The average Bonchev–Trinajstić information content (AvgIpc) is 3.84. The van der Waals surface area contributed by atoms with Gasteiger partial charge in [0, 0.05) is 50.1 Å². The summed E-state index contributed by atoms with van der Waals surface area (Å²) < 4.78 is 16.3. The second-order valence-electron chi connectivity index (χ2n) is 19.2. The number of hydrogen-bond acceptors (Lipinski definition) is 13. The standard InChI is InChI=1S/C24H40N4O4.C20H32N4O4/c1-24(2,3)31-20(29)14-18(13-9-12-17-10-7-6-8-11-17)22-25-21(26-32-22)23(30)28-15-19(16-28)27(4)5;1-23(2)16-12-24(13-16)20(27)18-21-19(28-22-18)15(11-17(25)26)10-6-9-14-7-4-3-5-8-14/h17-19H,6-16H2,1-5H3;14-16H,3-13H2,1-2H3,(H,25,26)/t18-;15-/m11/s1. The Morgan fingerprint density at radius 3 is 1.45 bits per heavy atom. The van der Waals surface area contributed by atoms with Crippen LogP contribution >= 0.6 is 0 Å². The van der Waals surface area contributed by atoms with Crippen molar-refractivity contribution in [2.45, 2.75) is 166 Å². The Bertz CT molecular complexity index is 1660. The number of likely N-dealkylation sites (N-methyl/N-ethyl adjacent to an activating group) is 2. The third-order valence-corrected chi connectivity index (χ3v) is 12.8. The lowest BCUT2D eigenvalue weighted by Gasteiger charge is -2.42. The number of ether oxygens (including phenoxy) is 1. The van der Waals surface area contributed by atoms with Crippen LogP contribution in [-0.2, 0) is 14.3 Å². The van der Waals surface area contributed by atoms with Crippen LogP contribution in [0.1, 0.15) is 181 Å². The van der Waals surface area contributed by atoms with E-state index in [1.807, 2.05) is 49.0 Å². The third kappa shape index (κ3) is 14.3. The second-order valence-corrected chi connectivity index (χ2v) is 19.2. The van der Waals surface area contributed by atoms with Gasteiger partial charge in [0.2, 0.25) is 11.8 Å². The van der Waals surface area contributed by atoms with Gasteiger partial charge in [-0.25, -0.2) is 0 Å². The lowest BCUT2D eigenvalue weighted by molar-refractivity contribution is -0.155. The first-order valence-corrected chi connectivity index (χ1v) is 22.6. The summed E-state index contributed by atoms with van der Waals surface area (Å²) in [6, 6.07) is 0.722. The SMILES string of the molecule is CN(C)C1CN(C(=O)c2noc([C@H](CCCC3CCCCC3)CC(=O)O)n2)C1.CN(C)C1CN(C(=O)c2noc([C@H](CCCC3CCCCC3)CC(=O)OC(C)(C)C)n2)C1. The Labute approximate surface area is 356 Å². The van der Waals surface area contributed by atoms with Crippen molar-refractivity contribution in [3.05, 3.63) is 23.4 Å². The van der Waals surface area contributed by atoms with E-state index >= 15 is 0 Å². The lowest BCUT2D eigenvalue weighted by Crippen LogP contribution is -2.59. The fraction of sp³-hybridized carbons (Fsp3) is 0.818. The highest BCUT2D eigenvalue weighted by Crippen LogP contribution is 2.33. The number of hydrogen-bond donors (Lipinski definition) is 1. The Morgan fingerprint density at radius 2 is 1.08 bits per heavy atom. The van der Waals surface area contributed by atoms with Gasteiger partial charge < -0.3 is 38.5 Å². The highest BCUT2D eigenvalue weighted by Gasteiger charge is 2.37. The van der Waals surface area contributed by atoms with Crippen LogP contribution in [0.3, 0.4) is 0 Å². The summed E-state index contributed by atoms with van der Waals surface area (Å²) in [5.41, 5.74) is -0.541. The van der Waals surface area contributed by atoms with Crippen molar-refractivity contribution >= 4 is 23.8 Å². The van der Waals surface area contributed by atoms with Crippen LogP contribution in [0, 0.1) is 11.8 Å². The van der Waals surface area contributed by atoms with E-state index in [1.54, 1.807) is 9.80 Å². The van der Waals surface area contributed by atoms with Crippen LogP contribution in [-0.4, -0.2) is 141 Å². The molecule has 2 aliphatic carbocycles. The minimum absolute atomic E-state index is 0.0369. The zero-order valence-electron chi connectivity index (χ0n) is 37.4. The van der Waals surface area contributed by atoms with Gasteiger partial charge in [-0.3, -0.25) is 19.2 Å². The van der Waals surface area contributed by atoms with E-state index in [-0.39, 0.29) is 60.0 Å². The molecule has 0 radical (unpaired) electrons. The summed E-state index contributed by atoms with van der Waals surface area (Å²) in [5.74, 6) is 0.125. The molecule has 16 nitrogen and oxygen atoms in total. The molecule has 2 amide bonds. The van der Waals surface area contributed by atoms with Gasteiger partial charge in [0.15, 0.2) is 0 Å². The number of aliphatic carboxylic acids is 1. The molecule has 6 rings (SSSR count). The molecule has 60 heavy (non-hydrogen) atoms. The topological polar surface area (TPSA) is 189 Å². The highest BCUT2D eigenvalue weighted by molar-refractivity contribution is 5.91. The summed E-state index contributed by atoms with van der Waals surface area (Å²) in [6.07, 6.45) is 19.0. The quantitative estimate of drug-likeness (QED) is 0.155. The number of aromatic nitrogens is 4. The van der Waals surface area contributed by atoms with Crippen molar-refractivity contribution in [1.29, 1.82) is 0 Å². The summed E-state index contributed by atoms with van der Waals surface area (Å²) in [6.45, 7) is 8.21. The monoisotopic (exact) mass is 841 g/mol. The molecule has 2 aliphatic heterocycles. The van der Waals surface area contributed by atoms with E-state index in [1.165, 1.54) is 64.2 Å². The molecule has 16 heteroatoms.